The largest absolute Gasteiger partial charge is 0.507 e. The molecule has 0 aromatic heterocycles. The van der Waals surface area contributed by atoms with Crippen LogP contribution in [0, 0.1) is 0 Å². The van der Waals surface area contributed by atoms with E-state index < -0.39 is 6.23 Å². The van der Waals surface area contributed by atoms with Crippen LogP contribution in [0.2, 0.25) is 5.02 Å². The second-order valence-corrected chi connectivity index (χ2v) is 7.16. The van der Waals surface area contributed by atoms with Crippen molar-refractivity contribution in [1.29, 1.82) is 0 Å². The van der Waals surface area contributed by atoms with E-state index in [9.17, 15) is 5.11 Å². The molecule has 3 aromatic carbocycles. The van der Waals surface area contributed by atoms with Gasteiger partial charge in [0.15, 0.2) is 0 Å². The maximum Gasteiger partial charge on any atom is 0.217 e. The summed E-state index contributed by atoms with van der Waals surface area (Å²) in [5, 5.41) is 17.9. The third-order valence-corrected chi connectivity index (χ3v) is 5.30. The number of rotatable bonds is 2. The summed E-state index contributed by atoms with van der Waals surface area (Å²) in [5.74, 6) is 0.973. The van der Waals surface area contributed by atoms with Gasteiger partial charge in [-0.25, -0.2) is 5.01 Å². The standard InChI is InChI=1S/C22H17ClN2O2/c23-15-10-11-21-17(12-15)19-13-18(14-6-2-1-3-7-14)24-25(19)22(27-21)16-8-4-5-9-20(16)26/h1-12,19,22,26H,13H2/t19-,22+/m1/s1. The summed E-state index contributed by atoms with van der Waals surface area (Å²) < 4.78 is 6.25. The molecule has 5 heteroatoms. The Balaban J connectivity index is 1.64. The van der Waals surface area contributed by atoms with Crippen LogP contribution in [0.5, 0.6) is 11.5 Å². The Labute approximate surface area is 162 Å². The fourth-order valence-electron chi connectivity index (χ4n) is 3.76. The minimum Gasteiger partial charge on any atom is -0.507 e. The van der Waals surface area contributed by atoms with Gasteiger partial charge in [0, 0.05) is 17.0 Å². The fourth-order valence-corrected chi connectivity index (χ4v) is 3.95. The number of hydrogen-bond acceptors (Lipinski definition) is 4. The number of aromatic hydroxyl groups is 1. The number of nitrogens with zero attached hydrogens (tertiary/aromatic N) is 2. The fraction of sp³-hybridized carbons (Fsp3) is 0.136. The minimum atomic E-state index is -0.494. The lowest BCUT2D eigenvalue weighted by atomic mass is 9.96. The van der Waals surface area contributed by atoms with E-state index in [1.54, 1.807) is 12.1 Å². The van der Waals surface area contributed by atoms with Crippen molar-refractivity contribution in [2.75, 3.05) is 0 Å². The number of hydrogen-bond donors (Lipinski definition) is 1. The minimum absolute atomic E-state index is 0.00672. The molecular formula is C22H17ClN2O2. The number of hydrazone groups is 1. The first-order valence-corrected chi connectivity index (χ1v) is 9.24. The molecule has 27 heavy (non-hydrogen) atoms. The van der Waals surface area contributed by atoms with E-state index in [1.165, 1.54) is 0 Å². The first-order chi connectivity index (χ1) is 13.2. The molecule has 0 unspecified atom stereocenters. The molecule has 4 nitrogen and oxygen atoms in total. The molecule has 3 aromatic rings. The SMILES string of the molecule is Oc1ccccc1[C@@H]1Oc2ccc(Cl)cc2[C@H]2CC(c3ccccc3)=NN21. The molecule has 1 N–H and O–H groups in total. The van der Waals surface area contributed by atoms with Crippen LogP contribution < -0.4 is 4.74 Å². The molecule has 0 amide bonds. The van der Waals surface area contributed by atoms with E-state index in [0.717, 1.165) is 29.0 Å². The van der Waals surface area contributed by atoms with Crippen molar-refractivity contribution in [2.24, 2.45) is 5.10 Å². The first kappa shape index (κ1) is 16.2. The van der Waals surface area contributed by atoms with E-state index in [1.807, 2.05) is 53.5 Å². The lowest BCUT2D eigenvalue weighted by Crippen LogP contribution is -2.33. The molecule has 2 aliphatic rings. The van der Waals surface area contributed by atoms with Crippen LogP contribution in [-0.2, 0) is 0 Å². The van der Waals surface area contributed by atoms with Gasteiger partial charge >= 0.3 is 0 Å². The van der Waals surface area contributed by atoms with Crippen LogP contribution >= 0.6 is 11.6 Å². The topological polar surface area (TPSA) is 45.1 Å². The van der Waals surface area contributed by atoms with E-state index in [-0.39, 0.29) is 11.8 Å². The molecule has 0 bridgehead atoms. The number of halogens is 1. The van der Waals surface area contributed by atoms with Gasteiger partial charge in [-0.2, -0.15) is 5.10 Å². The quantitative estimate of drug-likeness (QED) is 0.661. The van der Waals surface area contributed by atoms with Crippen molar-refractivity contribution in [3.8, 4) is 11.5 Å². The van der Waals surface area contributed by atoms with E-state index in [0.29, 0.717) is 10.6 Å². The zero-order chi connectivity index (χ0) is 18.4. The first-order valence-electron chi connectivity index (χ1n) is 8.86. The lowest BCUT2D eigenvalue weighted by molar-refractivity contribution is -0.0203. The Morgan fingerprint density at radius 2 is 1.74 bits per heavy atom. The normalized spacial score (nSPS) is 20.5. The highest BCUT2D eigenvalue weighted by Crippen LogP contribution is 2.49. The molecule has 0 spiro atoms. The summed E-state index contributed by atoms with van der Waals surface area (Å²) in [5.41, 5.74) is 3.80. The van der Waals surface area contributed by atoms with Crippen LogP contribution in [0.4, 0.5) is 0 Å². The summed E-state index contributed by atoms with van der Waals surface area (Å²) in [6.45, 7) is 0. The van der Waals surface area contributed by atoms with Crippen molar-refractivity contribution in [2.45, 2.75) is 18.7 Å². The third-order valence-electron chi connectivity index (χ3n) is 5.06. The summed E-state index contributed by atoms with van der Waals surface area (Å²) >= 11 is 6.25. The smallest absolute Gasteiger partial charge is 0.217 e. The van der Waals surface area contributed by atoms with Crippen molar-refractivity contribution < 1.29 is 9.84 Å². The van der Waals surface area contributed by atoms with Crippen LogP contribution in [0.3, 0.4) is 0 Å². The van der Waals surface area contributed by atoms with Gasteiger partial charge in [-0.3, -0.25) is 0 Å². The van der Waals surface area contributed by atoms with Crippen LogP contribution in [0.15, 0.2) is 77.9 Å². The monoisotopic (exact) mass is 376 g/mol. The maximum absolute atomic E-state index is 10.4. The molecule has 0 saturated carbocycles. The number of benzene rings is 3. The zero-order valence-corrected chi connectivity index (χ0v) is 15.2. The Morgan fingerprint density at radius 1 is 0.963 bits per heavy atom. The molecule has 0 fully saturated rings. The van der Waals surface area contributed by atoms with Gasteiger partial charge < -0.3 is 9.84 Å². The number of para-hydroxylation sites is 1. The van der Waals surface area contributed by atoms with Crippen LogP contribution in [-0.4, -0.2) is 15.8 Å². The van der Waals surface area contributed by atoms with Crippen molar-refractivity contribution >= 4 is 17.3 Å². The Kier molecular flexibility index (Phi) is 3.80. The van der Waals surface area contributed by atoms with Gasteiger partial charge in [0.2, 0.25) is 6.23 Å². The van der Waals surface area contributed by atoms with Gasteiger partial charge in [-0.1, -0.05) is 54.1 Å². The second kappa shape index (κ2) is 6.32. The highest BCUT2D eigenvalue weighted by Gasteiger charge is 2.41. The molecule has 2 aliphatic heterocycles. The molecule has 0 saturated heterocycles. The molecular weight excluding hydrogens is 360 g/mol. The van der Waals surface area contributed by atoms with E-state index in [4.69, 9.17) is 21.4 Å². The molecule has 0 aliphatic carbocycles. The lowest BCUT2D eigenvalue weighted by Gasteiger charge is -2.38. The van der Waals surface area contributed by atoms with Crippen molar-refractivity contribution in [1.82, 2.24) is 5.01 Å². The Hall–Kier alpha value is -2.98. The molecule has 2 heterocycles. The highest BCUT2D eigenvalue weighted by atomic mass is 35.5. The predicted octanol–water partition coefficient (Wildman–Crippen LogP) is 5.29. The molecule has 134 valence electrons. The number of phenols is 1. The van der Waals surface area contributed by atoms with Gasteiger partial charge in [-0.15, -0.1) is 0 Å². The predicted molar refractivity (Wildman–Crippen MR) is 105 cm³/mol. The molecule has 2 atom stereocenters. The number of fused-ring (bicyclic) bond motifs is 3. The third kappa shape index (κ3) is 2.73. The van der Waals surface area contributed by atoms with E-state index >= 15 is 0 Å². The Morgan fingerprint density at radius 3 is 2.56 bits per heavy atom. The van der Waals surface area contributed by atoms with Gasteiger partial charge in [-0.05, 0) is 35.9 Å². The zero-order valence-electron chi connectivity index (χ0n) is 14.4. The summed E-state index contributed by atoms with van der Waals surface area (Å²) in [4.78, 5) is 0. The highest BCUT2D eigenvalue weighted by molar-refractivity contribution is 6.30. The van der Waals surface area contributed by atoms with Crippen LogP contribution in [0.25, 0.3) is 0 Å². The molecule has 5 rings (SSSR count). The maximum atomic E-state index is 10.4. The van der Waals surface area contributed by atoms with Gasteiger partial charge in [0.25, 0.3) is 0 Å². The average Bonchev–Trinajstić information content (AvgIpc) is 3.15. The Bertz CT molecular complexity index is 1040. The second-order valence-electron chi connectivity index (χ2n) is 6.72. The van der Waals surface area contributed by atoms with Crippen LogP contribution in [0.1, 0.15) is 35.4 Å². The summed E-state index contributed by atoms with van der Waals surface area (Å²) in [6.07, 6.45) is 0.260. The average molecular weight is 377 g/mol. The summed E-state index contributed by atoms with van der Waals surface area (Å²) in [7, 11) is 0. The van der Waals surface area contributed by atoms with Crippen molar-refractivity contribution in [3.05, 3.63) is 94.5 Å². The van der Waals surface area contributed by atoms with E-state index in [2.05, 4.69) is 12.1 Å². The summed E-state index contributed by atoms with van der Waals surface area (Å²) in [6, 6.07) is 23.0. The molecule has 0 radical (unpaired) electrons. The van der Waals surface area contributed by atoms with Crippen molar-refractivity contribution in [3.63, 3.8) is 0 Å². The van der Waals surface area contributed by atoms with Gasteiger partial charge in [0.05, 0.1) is 17.3 Å². The number of phenolic OH excluding ortho intramolecular Hbond substituents is 1. The number of ether oxygens (including phenoxy) is 1. The van der Waals surface area contributed by atoms with Gasteiger partial charge in [0.1, 0.15) is 11.5 Å².